The SMILES string of the molecule is CCCCCC[C@@H](O)C/C=C\CCCCCCCC(=O)O.CCCCCC[C@@H](O)C/C=C\CCCCCCCC(=O)O.CCCCCC[C@@H](O)C/C=C\CCCCCCCC(=O)O.[La]. The summed E-state index contributed by atoms with van der Waals surface area (Å²) in [7, 11) is 0. The van der Waals surface area contributed by atoms with Gasteiger partial charge >= 0.3 is 17.9 Å². The summed E-state index contributed by atoms with van der Waals surface area (Å²) in [6.07, 6.45) is 52.1. The van der Waals surface area contributed by atoms with Crippen molar-refractivity contribution >= 4 is 17.9 Å². The topological polar surface area (TPSA) is 173 Å². The van der Waals surface area contributed by atoms with E-state index in [-0.39, 0.29) is 53.9 Å². The van der Waals surface area contributed by atoms with Crippen LogP contribution in [0, 0.1) is 35.6 Å². The minimum Gasteiger partial charge on any atom is -0.481 e. The van der Waals surface area contributed by atoms with Crippen LogP contribution in [0.5, 0.6) is 0 Å². The number of carboxylic acids is 3. The molecule has 3 atom stereocenters. The Morgan fingerprint density at radius 3 is 0.781 bits per heavy atom. The Morgan fingerprint density at radius 2 is 0.547 bits per heavy atom. The Balaban J connectivity index is -0.000000419. The standard InChI is InChI=1S/3C18H34O3.La/c3*1-2-3-4-11-14-17(19)15-12-9-7-5-6-8-10-13-16-18(20)21;/h3*9,12,17,19H,2-8,10-11,13-16H2,1H3,(H,20,21);/b3*12-9-;/t3*17-;/m111./s1. The van der Waals surface area contributed by atoms with E-state index in [4.69, 9.17) is 15.3 Å². The van der Waals surface area contributed by atoms with Crippen LogP contribution in [-0.4, -0.2) is 66.9 Å². The quantitative estimate of drug-likeness (QED) is 0.0256. The fraction of sp³-hybridized carbons (Fsp3) is 0.833. The van der Waals surface area contributed by atoms with Crippen LogP contribution in [-0.2, 0) is 14.4 Å². The molecule has 0 bridgehead atoms. The predicted molar refractivity (Wildman–Crippen MR) is 265 cm³/mol. The molecule has 0 fully saturated rings. The Hall–Kier alpha value is -1.30. The molecule has 0 amide bonds. The van der Waals surface area contributed by atoms with Crippen molar-refractivity contribution in [2.75, 3.05) is 0 Å². The van der Waals surface area contributed by atoms with Gasteiger partial charge in [0.1, 0.15) is 0 Å². The van der Waals surface area contributed by atoms with E-state index < -0.39 is 17.9 Å². The molecule has 64 heavy (non-hydrogen) atoms. The van der Waals surface area contributed by atoms with E-state index in [1.54, 1.807) is 0 Å². The Labute approximate surface area is 421 Å². The molecule has 0 rings (SSSR count). The van der Waals surface area contributed by atoms with E-state index in [9.17, 15) is 29.7 Å². The van der Waals surface area contributed by atoms with Crippen LogP contribution >= 0.6 is 0 Å². The van der Waals surface area contributed by atoms with Crippen LogP contribution in [0.1, 0.15) is 271 Å². The third kappa shape index (κ3) is 69.7. The zero-order valence-electron chi connectivity index (χ0n) is 41.8. The van der Waals surface area contributed by atoms with Crippen molar-refractivity contribution in [2.24, 2.45) is 0 Å². The average Bonchev–Trinajstić information content (AvgIpc) is 3.24. The van der Waals surface area contributed by atoms with Gasteiger partial charge in [0.2, 0.25) is 0 Å². The molecule has 0 heterocycles. The fourth-order valence-electron chi connectivity index (χ4n) is 7.09. The summed E-state index contributed by atoms with van der Waals surface area (Å²) in [5.41, 5.74) is 0. The molecular formula is C54H102LaO9. The second-order valence-electron chi connectivity index (χ2n) is 17.7. The maximum Gasteiger partial charge on any atom is 0.303 e. The van der Waals surface area contributed by atoms with Crippen molar-refractivity contribution in [1.82, 2.24) is 0 Å². The summed E-state index contributed by atoms with van der Waals surface area (Å²) in [6, 6.07) is 0. The number of carbonyl (C=O) groups is 3. The van der Waals surface area contributed by atoms with Crippen LogP contribution in [0.25, 0.3) is 0 Å². The molecule has 0 aliphatic carbocycles. The first kappa shape index (κ1) is 69.3. The largest absolute Gasteiger partial charge is 0.481 e. The molecule has 0 aliphatic rings. The third-order valence-corrected chi connectivity index (χ3v) is 11.2. The number of allylic oxidation sites excluding steroid dienone is 3. The Morgan fingerprint density at radius 1 is 0.328 bits per heavy atom. The van der Waals surface area contributed by atoms with Gasteiger partial charge in [0.05, 0.1) is 18.3 Å². The maximum absolute atomic E-state index is 10.3. The number of aliphatic carboxylic acids is 3. The molecule has 0 aromatic carbocycles. The Kier molecular flexibility index (Phi) is 64.6. The van der Waals surface area contributed by atoms with Gasteiger partial charge in [-0.3, -0.25) is 14.4 Å². The van der Waals surface area contributed by atoms with Crippen molar-refractivity contribution in [3.05, 3.63) is 36.5 Å². The van der Waals surface area contributed by atoms with Crippen molar-refractivity contribution in [2.45, 2.75) is 289 Å². The second kappa shape index (κ2) is 59.7. The molecule has 0 unspecified atom stereocenters. The van der Waals surface area contributed by atoms with E-state index in [1.807, 2.05) is 0 Å². The molecular weight excluding hydrogens is 931 g/mol. The monoisotopic (exact) mass is 1030 g/mol. The second-order valence-corrected chi connectivity index (χ2v) is 17.7. The summed E-state index contributed by atoms with van der Waals surface area (Å²) in [4.78, 5) is 31.0. The summed E-state index contributed by atoms with van der Waals surface area (Å²) in [6.45, 7) is 6.60. The van der Waals surface area contributed by atoms with Crippen LogP contribution in [0.4, 0.5) is 0 Å². The van der Waals surface area contributed by atoms with Crippen molar-refractivity contribution in [3.63, 3.8) is 0 Å². The number of unbranched alkanes of at least 4 members (excludes halogenated alkanes) is 24. The van der Waals surface area contributed by atoms with Gasteiger partial charge in [0.15, 0.2) is 0 Å². The number of aliphatic hydroxyl groups is 3. The van der Waals surface area contributed by atoms with Crippen molar-refractivity contribution in [1.29, 1.82) is 0 Å². The molecule has 10 heteroatoms. The van der Waals surface area contributed by atoms with Gasteiger partial charge < -0.3 is 30.6 Å². The van der Waals surface area contributed by atoms with E-state index in [1.165, 1.54) is 77.0 Å². The molecule has 0 saturated carbocycles. The van der Waals surface area contributed by atoms with Crippen LogP contribution in [0.15, 0.2) is 36.5 Å². The molecule has 0 aromatic heterocycles. The molecule has 6 N–H and O–H groups in total. The number of hydrogen-bond donors (Lipinski definition) is 6. The molecule has 1 radical (unpaired) electrons. The third-order valence-electron chi connectivity index (χ3n) is 11.2. The normalized spacial score (nSPS) is 12.7. The molecule has 0 saturated heterocycles. The average molecular weight is 1030 g/mol. The first-order valence-electron chi connectivity index (χ1n) is 26.1. The summed E-state index contributed by atoms with van der Waals surface area (Å²) in [5, 5.41) is 54.9. The molecule has 0 spiro atoms. The smallest absolute Gasteiger partial charge is 0.303 e. The molecule has 9 nitrogen and oxygen atoms in total. The van der Waals surface area contributed by atoms with E-state index in [2.05, 4.69) is 57.2 Å². The first-order valence-corrected chi connectivity index (χ1v) is 26.1. The van der Waals surface area contributed by atoms with Gasteiger partial charge in [-0.2, -0.15) is 0 Å². The van der Waals surface area contributed by atoms with E-state index in [0.29, 0.717) is 19.3 Å². The van der Waals surface area contributed by atoms with Gasteiger partial charge in [-0.05, 0) is 96.3 Å². The van der Waals surface area contributed by atoms with Crippen molar-refractivity contribution < 1.29 is 80.6 Å². The minimum absolute atomic E-state index is 0. The zero-order chi connectivity index (χ0) is 47.3. The maximum atomic E-state index is 10.3. The summed E-state index contributed by atoms with van der Waals surface area (Å²) >= 11 is 0. The number of hydrogen-bond acceptors (Lipinski definition) is 6. The van der Waals surface area contributed by atoms with E-state index in [0.717, 1.165) is 154 Å². The van der Waals surface area contributed by atoms with Crippen LogP contribution < -0.4 is 0 Å². The molecule has 0 aliphatic heterocycles. The summed E-state index contributed by atoms with van der Waals surface area (Å²) < 4.78 is 0. The molecule has 375 valence electrons. The number of carboxylic acid groups (broad SMARTS) is 3. The molecule has 0 aromatic rings. The van der Waals surface area contributed by atoms with Crippen LogP contribution in [0.3, 0.4) is 0 Å². The minimum atomic E-state index is -0.689. The van der Waals surface area contributed by atoms with Crippen molar-refractivity contribution in [3.8, 4) is 0 Å². The van der Waals surface area contributed by atoms with Gasteiger partial charge in [0, 0.05) is 54.9 Å². The van der Waals surface area contributed by atoms with Gasteiger partial charge in [0.25, 0.3) is 0 Å². The van der Waals surface area contributed by atoms with Gasteiger partial charge in [-0.1, -0.05) is 192 Å². The Bertz CT molecular complexity index is 919. The number of rotatable bonds is 45. The van der Waals surface area contributed by atoms with E-state index >= 15 is 0 Å². The van der Waals surface area contributed by atoms with Gasteiger partial charge in [-0.15, -0.1) is 0 Å². The van der Waals surface area contributed by atoms with Crippen LogP contribution in [0.2, 0.25) is 0 Å². The zero-order valence-corrected chi connectivity index (χ0v) is 45.4. The first-order chi connectivity index (χ1) is 30.5. The fourth-order valence-corrected chi connectivity index (χ4v) is 7.09. The number of aliphatic hydroxyl groups excluding tert-OH is 3. The summed E-state index contributed by atoms with van der Waals surface area (Å²) in [5.74, 6) is -2.07. The predicted octanol–water partition coefficient (Wildman–Crippen LogP) is 15.2. The van der Waals surface area contributed by atoms with Gasteiger partial charge in [-0.25, -0.2) is 0 Å².